The van der Waals surface area contributed by atoms with Crippen LogP contribution in [0.5, 0.6) is 0 Å². The Labute approximate surface area is 189 Å². The molecule has 0 unspecified atom stereocenters. The molecule has 0 saturated heterocycles. The monoisotopic (exact) mass is 478 g/mol. The molecule has 0 spiro atoms. The lowest BCUT2D eigenvalue weighted by Gasteiger charge is -2.17. The number of methoxy groups -OCH3 is 1. The van der Waals surface area contributed by atoms with Crippen molar-refractivity contribution in [3.63, 3.8) is 0 Å². The number of hydrogen-bond donors (Lipinski definition) is 1. The molecule has 0 radical (unpaired) electrons. The van der Waals surface area contributed by atoms with E-state index in [9.17, 15) is 4.79 Å². The van der Waals surface area contributed by atoms with Crippen molar-refractivity contribution in [3.05, 3.63) is 87.9 Å². The molecule has 7 heteroatoms. The van der Waals surface area contributed by atoms with Crippen LogP contribution in [0.1, 0.15) is 34.2 Å². The van der Waals surface area contributed by atoms with Gasteiger partial charge in [-0.2, -0.15) is 5.10 Å². The summed E-state index contributed by atoms with van der Waals surface area (Å²) in [7, 11) is 1.61. The summed E-state index contributed by atoms with van der Waals surface area (Å²) in [6.45, 7) is 2.73. The molecule has 3 aromatic heterocycles. The number of hydrogen-bond acceptors (Lipinski definition) is 4. The maximum atomic E-state index is 13.5. The Balaban J connectivity index is 1.89. The molecule has 0 fully saturated rings. The number of carbonyl (C=O) groups is 1. The SMILES string of the molecule is CCc1ccc2c(-c3cncc(Br)c3)c(C(=O)NCc3ccccc3)c(COC)nn12. The molecule has 0 saturated carbocycles. The first-order chi connectivity index (χ1) is 15.1. The first-order valence-electron chi connectivity index (χ1n) is 10.1. The zero-order chi connectivity index (χ0) is 21.8. The van der Waals surface area contributed by atoms with Gasteiger partial charge in [0, 0.05) is 47.3 Å². The van der Waals surface area contributed by atoms with Gasteiger partial charge in [0.1, 0.15) is 5.69 Å². The van der Waals surface area contributed by atoms with Crippen LogP contribution >= 0.6 is 15.9 Å². The summed E-state index contributed by atoms with van der Waals surface area (Å²) in [5.41, 5.74) is 5.67. The summed E-state index contributed by atoms with van der Waals surface area (Å²) < 4.78 is 8.15. The summed E-state index contributed by atoms with van der Waals surface area (Å²) >= 11 is 3.50. The maximum Gasteiger partial charge on any atom is 0.254 e. The van der Waals surface area contributed by atoms with Crippen molar-refractivity contribution in [1.82, 2.24) is 19.9 Å². The summed E-state index contributed by atoms with van der Waals surface area (Å²) in [6, 6.07) is 15.8. The Morgan fingerprint density at radius 1 is 1.16 bits per heavy atom. The molecule has 1 aromatic carbocycles. The minimum absolute atomic E-state index is 0.194. The lowest BCUT2D eigenvalue weighted by molar-refractivity contribution is 0.0945. The molecule has 0 aliphatic rings. The number of nitrogens with zero attached hydrogens (tertiary/aromatic N) is 3. The number of ether oxygens (including phenoxy) is 1. The second kappa shape index (κ2) is 9.41. The highest BCUT2D eigenvalue weighted by molar-refractivity contribution is 9.10. The molecular formula is C24H23BrN4O2. The van der Waals surface area contributed by atoms with Gasteiger partial charge in [-0.3, -0.25) is 9.78 Å². The Morgan fingerprint density at radius 3 is 2.68 bits per heavy atom. The molecular weight excluding hydrogens is 456 g/mol. The molecule has 0 aliphatic heterocycles. The zero-order valence-electron chi connectivity index (χ0n) is 17.4. The van der Waals surface area contributed by atoms with Crippen LogP contribution < -0.4 is 5.32 Å². The third kappa shape index (κ3) is 4.38. The number of aryl methyl sites for hydroxylation is 1. The third-order valence-electron chi connectivity index (χ3n) is 5.11. The predicted molar refractivity (Wildman–Crippen MR) is 124 cm³/mol. The molecule has 1 amide bonds. The van der Waals surface area contributed by atoms with E-state index in [1.165, 1.54) is 0 Å². The van der Waals surface area contributed by atoms with Crippen LogP contribution in [0.3, 0.4) is 0 Å². The van der Waals surface area contributed by atoms with E-state index in [1.807, 2.05) is 53.0 Å². The van der Waals surface area contributed by atoms with Crippen molar-refractivity contribution >= 4 is 27.4 Å². The fourth-order valence-electron chi connectivity index (χ4n) is 3.68. The van der Waals surface area contributed by atoms with Crippen molar-refractivity contribution in [2.75, 3.05) is 7.11 Å². The van der Waals surface area contributed by atoms with Crippen LogP contribution in [-0.4, -0.2) is 27.6 Å². The summed E-state index contributed by atoms with van der Waals surface area (Å²) in [5.74, 6) is -0.194. The maximum absolute atomic E-state index is 13.5. The van der Waals surface area contributed by atoms with Crippen molar-refractivity contribution in [2.45, 2.75) is 26.5 Å². The van der Waals surface area contributed by atoms with E-state index in [4.69, 9.17) is 9.84 Å². The summed E-state index contributed by atoms with van der Waals surface area (Å²) in [6.07, 6.45) is 4.31. The van der Waals surface area contributed by atoms with Crippen LogP contribution in [0, 0.1) is 0 Å². The average molecular weight is 479 g/mol. The van der Waals surface area contributed by atoms with Gasteiger partial charge in [-0.25, -0.2) is 4.52 Å². The molecule has 4 rings (SSSR count). The normalized spacial score (nSPS) is 11.1. The largest absolute Gasteiger partial charge is 0.378 e. The first kappa shape index (κ1) is 21.2. The minimum Gasteiger partial charge on any atom is -0.378 e. The summed E-state index contributed by atoms with van der Waals surface area (Å²) in [5, 5.41) is 7.83. The Kier molecular flexibility index (Phi) is 6.44. The van der Waals surface area contributed by atoms with Crippen LogP contribution in [0.4, 0.5) is 0 Å². The quantitative estimate of drug-likeness (QED) is 0.414. The number of halogens is 1. The van der Waals surface area contributed by atoms with Crippen molar-refractivity contribution < 1.29 is 9.53 Å². The number of pyridine rings is 1. The van der Waals surface area contributed by atoms with Gasteiger partial charge in [0.15, 0.2) is 0 Å². The smallest absolute Gasteiger partial charge is 0.254 e. The van der Waals surface area contributed by atoms with Crippen LogP contribution in [0.15, 0.2) is 65.4 Å². The van der Waals surface area contributed by atoms with Gasteiger partial charge >= 0.3 is 0 Å². The van der Waals surface area contributed by atoms with Crippen molar-refractivity contribution in [2.24, 2.45) is 0 Å². The number of nitrogens with one attached hydrogen (secondary N) is 1. The van der Waals surface area contributed by atoms with Crippen molar-refractivity contribution in [1.29, 1.82) is 0 Å². The lowest BCUT2D eigenvalue weighted by atomic mass is 9.99. The first-order valence-corrected chi connectivity index (χ1v) is 10.9. The molecule has 0 bridgehead atoms. The lowest BCUT2D eigenvalue weighted by Crippen LogP contribution is -2.26. The van der Waals surface area contributed by atoms with E-state index in [0.29, 0.717) is 17.8 Å². The predicted octanol–water partition coefficient (Wildman–Crippen LogP) is 4.80. The van der Waals surface area contributed by atoms with Gasteiger partial charge in [-0.1, -0.05) is 37.3 Å². The molecule has 0 aliphatic carbocycles. The highest BCUT2D eigenvalue weighted by atomic mass is 79.9. The van der Waals surface area contributed by atoms with E-state index in [0.717, 1.165) is 38.8 Å². The van der Waals surface area contributed by atoms with Gasteiger partial charge in [-0.15, -0.1) is 0 Å². The number of carbonyl (C=O) groups excluding carboxylic acids is 1. The Hall–Kier alpha value is -3.03. The second-order valence-electron chi connectivity index (χ2n) is 7.17. The van der Waals surface area contributed by atoms with Gasteiger partial charge < -0.3 is 10.1 Å². The summed E-state index contributed by atoms with van der Waals surface area (Å²) in [4.78, 5) is 17.8. The van der Waals surface area contributed by atoms with Gasteiger partial charge in [0.05, 0.1) is 17.7 Å². The third-order valence-corrected chi connectivity index (χ3v) is 5.54. The fraction of sp³-hybridized carbons (Fsp3) is 0.208. The van der Waals surface area contributed by atoms with Crippen LogP contribution in [-0.2, 0) is 24.3 Å². The van der Waals surface area contributed by atoms with Crippen molar-refractivity contribution in [3.8, 4) is 11.1 Å². The minimum atomic E-state index is -0.194. The molecule has 1 N–H and O–H groups in total. The Bertz CT molecular complexity index is 1220. The van der Waals surface area contributed by atoms with Crippen LogP contribution in [0.2, 0.25) is 0 Å². The molecule has 6 nitrogen and oxygen atoms in total. The zero-order valence-corrected chi connectivity index (χ0v) is 19.0. The number of aromatic nitrogens is 3. The van der Waals surface area contributed by atoms with Gasteiger partial charge in [0.25, 0.3) is 5.91 Å². The Morgan fingerprint density at radius 2 is 1.97 bits per heavy atom. The molecule has 158 valence electrons. The number of amides is 1. The average Bonchev–Trinajstić information content (AvgIpc) is 3.20. The molecule has 4 aromatic rings. The van der Waals surface area contributed by atoms with Gasteiger partial charge in [0.2, 0.25) is 0 Å². The fourth-order valence-corrected chi connectivity index (χ4v) is 4.04. The van der Waals surface area contributed by atoms with E-state index in [1.54, 1.807) is 19.5 Å². The van der Waals surface area contributed by atoms with E-state index >= 15 is 0 Å². The van der Waals surface area contributed by atoms with E-state index < -0.39 is 0 Å². The topological polar surface area (TPSA) is 68.5 Å². The molecule has 31 heavy (non-hydrogen) atoms. The van der Waals surface area contributed by atoms with E-state index in [2.05, 4.69) is 33.2 Å². The van der Waals surface area contributed by atoms with Gasteiger partial charge in [-0.05, 0) is 46.1 Å². The van der Waals surface area contributed by atoms with E-state index in [-0.39, 0.29) is 12.5 Å². The standard InChI is InChI=1S/C24H23BrN4O2/c1-3-19-9-10-21-22(17-11-18(25)14-26-13-17)23(20(15-31-2)28-29(19)21)24(30)27-12-16-7-5-4-6-8-16/h4-11,13-14H,3,12,15H2,1-2H3,(H,27,30). The highest BCUT2D eigenvalue weighted by Gasteiger charge is 2.24. The number of rotatable bonds is 7. The molecule has 0 atom stereocenters. The number of benzene rings is 1. The molecule has 3 heterocycles. The van der Waals surface area contributed by atoms with Crippen LogP contribution in [0.25, 0.3) is 16.6 Å². The highest BCUT2D eigenvalue weighted by Crippen LogP contribution is 2.33. The second-order valence-corrected chi connectivity index (χ2v) is 8.08. The number of fused-ring (bicyclic) bond motifs is 1.